The van der Waals surface area contributed by atoms with Crippen molar-refractivity contribution >= 4 is 11.8 Å². The Kier molecular flexibility index (Phi) is 6.57. The number of piperazine rings is 1. The molecule has 164 valence electrons. The molecule has 31 heavy (non-hydrogen) atoms. The predicted octanol–water partition coefficient (Wildman–Crippen LogP) is 1.76. The second-order valence-corrected chi connectivity index (χ2v) is 7.56. The highest BCUT2D eigenvalue weighted by Crippen LogP contribution is 2.32. The zero-order valence-corrected chi connectivity index (χ0v) is 17.6. The molecular weight excluding hydrogens is 398 g/mol. The summed E-state index contributed by atoms with van der Waals surface area (Å²) in [6.45, 7) is 6.07. The van der Waals surface area contributed by atoms with Crippen molar-refractivity contribution in [3.8, 4) is 17.2 Å². The summed E-state index contributed by atoms with van der Waals surface area (Å²) in [5.74, 6) is 1.81. The number of amides is 2. The van der Waals surface area contributed by atoms with Gasteiger partial charge in [0, 0.05) is 44.8 Å². The van der Waals surface area contributed by atoms with Crippen molar-refractivity contribution in [2.45, 2.75) is 13.0 Å². The van der Waals surface area contributed by atoms with E-state index in [1.165, 1.54) is 0 Å². The van der Waals surface area contributed by atoms with Gasteiger partial charge in [-0.1, -0.05) is 18.2 Å². The predicted molar refractivity (Wildman–Crippen MR) is 114 cm³/mol. The first kappa shape index (κ1) is 21.0. The first-order valence-electron chi connectivity index (χ1n) is 10.5. The van der Waals surface area contributed by atoms with Crippen LogP contribution in [0.3, 0.4) is 0 Å². The second kappa shape index (κ2) is 9.70. The van der Waals surface area contributed by atoms with Crippen molar-refractivity contribution in [1.29, 1.82) is 0 Å². The van der Waals surface area contributed by atoms with E-state index < -0.39 is 6.10 Å². The van der Waals surface area contributed by atoms with E-state index in [4.69, 9.17) is 14.2 Å². The maximum absolute atomic E-state index is 12.7. The van der Waals surface area contributed by atoms with E-state index in [1.54, 1.807) is 25.1 Å². The number of hydrogen-bond acceptors (Lipinski definition) is 6. The van der Waals surface area contributed by atoms with Crippen molar-refractivity contribution in [3.05, 3.63) is 54.1 Å². The monoisotopic (exact) mass is 425 g/mol. The maximum Gasteiger partial charge on any atom is 0.263 e. The van der Waals surface area contributed by atoms with Gasteiger partial charge in [-0.3, -0.25) is 14.5 Å². The van der Waals surface area contributed by atoms with Crippen LogP contribution in [0.15, 0.2) is 48.5 Å². The molecule has 8 nitrogen and oxygen atoms in total. The molecule has 2 heterocycles. The Hall–Kier alpha value is -3.26. The molecular formula is C23H27N3O5. The Morgan fingerprint density at radius 2 is 1.77 bits per heavy atom. The molecule has 0 bridgehead atoms. The summed E-state index contributed by atoms with van der Waals surface area (Å²) < 4.78 is 16.3. The standard InChI is InChI=1S/C23H27N3O5/c1-17(31-19-5-3-2-4-6-19)23(28)26-13-11-25(12-14-26)10-9-24-22(27)18-7-8-20-21(15-18)30-16-29-20/h2-8,15,17H,9-14,16H2,1H3,(H,24,27)/t17-/m0/s1. The smallest absolute Gasteiger partial charge is 0.263 e. The van der Waals surface area contributed by atoms with E-state index in [0.29, 0.717) is 42.4 Å². The largest absolute Gasteiger partial charge is 0.481 e. The van der Waals surface area contributed by atoms with Crippen LogP contribution < -0.4 is 19.5 Å². The summed E-state index contributed by atoms with van der Waals surface area (Å²) in [7, 11) is 0. The van der Waals surface area contributed by atoms with Crippen molar-refractivity contribution < 1.29 is 23.8 Å². The molecule has 0 spiro atoms. The summed E-state index contributed by atoms with van der Waals surface area (Å²) in [6.07, 6.45) is -0.519. The van der Waals surface area contributed by atoms with Crippen LogP contribution in [0.2, 0.25) is 0 Å². The number of para-hydroxylation sites is 1. The Morgan fingerprint density at radius 1 is 1.03 bits per heavy atom. The number of nitrogens with one attached hydrogen (secondary N) is 1. The Morgan fingerprint density at radius 3 is 2.55 bits per heavy atom. The molecule has 8 heteroatoms. The van der Waals surface area contributed by atoms with Gasteiger partial charge in [0.15, 0.2) is 17.6 Å². The Bertz CT molecular complexity index is 913. The van der Waals surface area contributed by atoms with Gasteiger partial charge in [-0.05, 0) is 37.3 Å². The van der Waals surface area contributed by atoms with Gasteiger partial charge in [-0.2, -0.15) is 0 Å². The molecule has 2 aliphatic heterocycles. The Balaban J connectivity index is 1.17. The van der Waals surface area contributed by atoms with Gasteiger partial charge < -0.3 is 24.4 Å². The molecule has 2 aromatic carbocycles. The van der Waals surface area contributed by atoms with E-state index in [1.807, 2.05) is 35.2 Å². The van der Waals surface area contributed by atoms with Crippen LogP contribution >= 0.6 is 0 Å². The molecule has 2 aliphatic rings. The van der Waals surface area contributed by atoms with Gasteiger partial charge in [-0.15, -0.1) is 0 Å². The van der Waals surface area contributed by atoms with Crippen LogP contribution in [-0.2, 0) is 4.79 Å². The molecule has 0 aliphatic carbocycles. The fourth-order valence-corrected chi connectivity index (χ4v) is 3.67. The van der Waals surface area contributed by atoms with Gasteiger partial charge in [0.25, 0.3) is 11.8 Å². The molecule has 2 aromatic rings. The summed E-state index contributed by atoms with van der Waals surface area (Å²) in [5, 5.41) is 2.94. The first-order valence-corrected chi connectivity index (χ1v) is 10.5. The SMILES string of the molecule is C[C@H](Oc1ccccc1)C(=O)N1CCN(CCNC(=O)c2ccc3c(c2)OCO3)CC1. The highest BCUT2D eigenvalue weighted by Gasteiger charge is 2.26. The average Bonchev–Trinajstić information content (AvgIpc) is 3.27. The van der Waals surface area contributed by atoms with Crippen LogP contribution in [0.1, 0.15) is 17.3 Å². The topological polar surface area (TPSA) is 80.3 Å². The van der Waals surface area contributed by atoms with E-state index >= 15 is 0 Å². The molecule has 0 radical (unpaired) electrons. The van der Waals surface area contributed by atoms with Crippen molar-refractivity contribution in [1.82, 2.24) is 15.1 Å². The number of fused-ring (bicyclic) bond motifs is 1. The lowest BCUT2D eigenvalue weighted by molar-refractivity contribution is -0.139. The molecule has 1 saturated heterocycles. The van der Waals surface area contributed by atoms with Gasteiger partial charge >= 0.3 is 0 Å². The number of nitrogens with zero attached hydrogens (tertiary/aromatic N) is 2. The number of rotatable bonds is 7. The van der Waals surface area contributed by atoms with Crippen LogP contribution in [0.4, 0.5) is 0 Å². The molecule has 0 saturated carbocycles. The zero-order valence-electron chi connectivity index (χ0n) is 17.6. The molecule has 1 atom stereocenters. The van der Waals surface area contributed by atoms with Crippen LogP contribution in [0.25, 0.3) is 0 Å². The highest BCUT2D eigenvalue weighted by molar-refractivity contribution is 5.94. The van der Waals surface area contributed by atoms with Crippen molar-refractivity contribution in [2.75, 3.05) is 46.1 Å². The lowest BCUT2D eigenvalue weighted by Crippen LogP contribution is -2.52. The molecule has 1 N–H and O–H groups in total. The Labute approximate surface area is 181 Å². The van der Waals surface area contributed by atoms with E-state index in [-0.39, 0.29) is 18.6 Å². The lowest BCUT2D eigenvalue weighted by atomic mass is 10.2. The number of ether oxygens (including phenoxy) is 3. The minimum Gasteiger partial charge on any atom is -0.481 e. The molecule has 0 aromatic heterocycles. The average molecular weight is 425 g/mol. The highest BCUT2D eigenvalue weighted by atomic mass is 16.7. The maximum atomic E-state index is 12.7. The summed E-state index contributed by atoms with van der Waals surface area (Å²) >= 11 is 0. The third kappa shape index (κ3) is 5.27. The molecule has 1 fully saturated rings. The van der Waals surface area contributed by atoms with E-state index in [0.717, 1.165) is 19.6 Å². The number of hydrogen-bond donors (Lipinski definition) is 1. The fourth-order valence-electron chi connectivity index (χ4n) is 3.67. The van der Waals surface area contributed by atoms with Crippen LogP contribution in [0, 0.1) is 0 Å². The van der Waals surface area contributed by atoms with Gasteiger partial charge in [0.05, 0.1) is 0 Å². The van der Waals surface area contributed by atoms with Crippen LogP contribution in [-0.4, -0.2) is 73.8 Å². The number of carbonyl (C=O) groups is 2. The normalized spacial score (nSPS) is 16.6. The fraction of sp³-hybridized carbons (Fsp3) is 0.391. The van der Waals surface area contributed by atoms with Gasteiger partial charge in [0.1, 0.15) is 5.75 Å². The number of carbonyl (C=O) groups excluding carboxylic acids is 2. The van der Waals surface area contributed by atoms with Gasteiger partial charge in [-0.25, -0.2) is 0 Å². The zero-order chi connectivity index (χ0) is 21.6. The summed E-state index contributed by atoms with van der Waals surface area (Å²) in [5.41, 5.74) is 0.548. The second-order valence-electron chi connectivity index (χ2n) is 7.56. The third-order valence-corrected chi connectivity index (χ3v) is 5.44. The molecule has 0 unspecified atom stereocenters. The summed E-state index contributed by atoms with van der Waals surface area (Å²) in [4.78, 5) is 29.1. The van der Waals surface area contributed by atoms with E-state index in [2.05, 4.69) is 10.2 Å². The first-order chi connectivity index (χ1) is 15.1. The quantitative estimate of drug-likeness (QED) is 0.728. The minimum atomic E-state index is -0.519. The van der Waals surface area contributed by atoms with Crippen molar-refractivity contribution in [3.63, 3.8) is 0 Å². The van der Waals surface area contributed by atoms with Gasteiger partial charge in [0.2, 0.25) is 6.79 Å². The lowest BCUT2D eigenvalue weighted by Gasteiger charge is -2.35. The van der Waals surface area contributed by atoms with Crippen molar-refractivity contribution in [2.24, 2.45) is 0 Å². The summed E-state index contributed by atoms with van der Waals surface area (Å²) in [6, 6.07) is 14.5. The van der Waals surface area contributed by atoms with Crippen LogP contribution in [0.5, 0.6) is 17.2 Å². The third-order valence-electron chi connectivity index (χ3n) is 5.44. The number of benzene rings is 2. The minimum absolute atomic E-state index is 0.000357. The molecule has 4 rings (SSSR count). The van der Waals surface area contributed by atoms with E-state index in [9.17, 15) is 9.59 Å². The molecule has 2 amide bonds.